The summed E-state index contributed by atoms with van der Waals surface area (Å²) in [5.74, 6) is 0. The largest absolute Gasteiger partial charge is 0.375 e. The Bertz CT molecular complexity index is 140. The molecule has 3 heteroatoms. The molecule has 1 N–H and O–H groups in total. The number of morpholine rings is 1. The van der Waals surface area contributed by atoms with Crippen molar-refractivity contribution in [2.75, 3.05) is 33.3 Å². The lowest BCUT2D eigenvalue weighted by molar-refractivity contribution is -0.0385. The van der Waals surface area contributed by atoms with Crippen molar-refractivity contribution in [3.63, 3.8) is 0 Å². The van der Waals surface area contributed by atoms with E-state index in [1.54, 1.807) is 0 Å². The molecule has 2 aliphatic rings. The highest BCUT2D eigenvalue weighted by atomic mass is 16.5. The van der Waals surface area contributed by atoms with Crippen LogP contribution in [0.4, 0.5) is 0 Å². The second-order valence-electron chi connectivity index (χ2n) is 3.52. The normalized spacial score (nSPS) is 40.1. The number of nitrogens with one attached hydrogen (secondary N) is 1. The fourth-order valence-corrected chi connectivity index (χ4v) is 1.94. The van der Waals surface area contributed by atoms with Gasteiger partial charge in [-0.2, -0.15) is 0 Å². The van der Waals surface area contributed by atoms with Crippen LogP contribution in [0.25, 0.3) is 0 Å². The molecule has 0 radical (unpaired) electrons. The van der Waals surface area contributed by atoms with E-state index in [0.717, 1.165) is 19.7 Å². The Morgan fingerprint density at radius 1 is 1.55 bits per heavy atom. The maximum absolute atomic E-state index is 5.64. The molecule has 3 nitrogen and oxygen atoms in total. The summed E-state index contributed by atoms with van der Waals surface area (Å²) in [6, 6.07) is 0.586. The average molecular weight is 156 g/mol. The number of ether oxygens (including phenoxy) is 1. The second kappa shape index (κ2) is 3.09. The van der Waals surface area contributed by atoms with Gasteiger partial charge in [0.15, 0.2) is 0 Å². The quantitative estimate of drug-likeness (QED) is 0.520. The fraction of sp³-hybridized carbons (Fsp3) is 1.00. The molecule has 0 aromatic carbocycles. The Morgan fingerprint density at radius 3 is 3.36 bits per heavy atom. The van der Waals surface area contributed by atoms with Crippen molar-refractivity contribution in [1.29, 1.82) is 0 Å². The number of piperidine rings is 1. The summed E-state index contributed by atoms with van der Waals surface area (Å²) in [4.78, 5) is 2.36. The van der Waals surface area contributed by atoms with Crippen LogP contribution in [0.2, 0.25) is 0 Å². The van der Waals surface area contributed by atoms with Gasteiger partial charge in [-0.15, -0.1) is 0 Å². The monoisotopic (exact) mass is 156 g/mol. The Morgan fingerprint density at radius 2 is 2.45 bits per heavy atom. The zero-order valence-electron chi connectivity index (χ0n) is 7.05. The van der Waals surface area contributed by atoms with Crippen molar-refractivity contribution >= 4 is 0 Å². The van der Waals surface area contributed by atoms with Crippen LogP contribution >= 0.6 is 0 Å². The molecule has 2 unspecified atom stereocenters. The molecule has 2 rings (SSSR count). The molecule has 2 aliphatic heterocycles. The average Bonchev–Trinajstić information content (AvgIpc) is 2.04. The smallest absolute Gasteiger partial charge is 0.0753 e. The van der Waals surface area contributed by atoms with Gasteiger partial charge in [0.1, 0.15) is 0 Å². The first kappa shape index (κ1) is 7.53. The summed E-state index contributed by atoms with van der Waals surface area (Å²) < 4.78 is 5.64. The SMILES string of the molecule is CN1CCC2OCCNC2C1. The van der Waals surface area contributed by atoms with Crippen molar-refractivity contribution in [2.24, 2.45) is 0 Å². The molecule has 0 spiro atoms. The number of likely N-dealkylation sites (tertiary alicyclic amines) is 1. The maximum atomic E-state index is 5.64. The van der Waals surface area contributed by atoms with E-state index in [9.17, 15) is 0 Å². The van der Waals surface area contributed by atoms with Gasteiger partial charge in [-0.25, -0.2) is 0 Å². The molecular weight excluding hydrogens is 140 g/mol. The molecule has 2 atom stereocenters. The Balaban J connectivity index is 1.93. The molecule has 0 aromatic heterocycles. The van der Waals surface area contributed by atoms with Gasteiger partial charge in [0.2, 0.25) is 0 Å². The standard InChI is InChI=1S/C8H16N2O/c1-10-4-2-8-7(6-10)9-3-5-11-8/h7-9H,2-6H2,1H3. The van der Waals surface area contributed by atoms with Crippen LogP contribution in [0.1, 0.15) is 6.42 Å². The lowest BCUT2D eigenvalue weighted by atomic mass is 10.0. The highest BCUT2D eigenvalue weighted by molar-refractivity contribution is 4.87. The number of rotatable bonds is 0. The van der Waals surface area contributed by atoms with Crippen LogP contribution < -0.4 is 5.32 Å². The van der Waals surface area contributed by atoms with Gasteiger partial charge in [-0.1, -0.05) is 0 Å². The van der Waals surface area contributed by atoms with Gasteiger partial charge in [-0.3, -0.25) is 0 Å². The van der Waals surface area contributed by atoms with Gasteiger partial charge in [0.25, 0.3) is 0 Å². The van der Waals surface area contributed by atoms with Crippen molar-refractivity contribution in [1.82, 2.24) is 10.2 Å². The molecule has 0 aliphatic carbocycles. The second-order valence-corrected chi connectivity index (χ2v) is 3.52. The lowest BCUT2D eigenvalue weighted by Crippen LogP contribution is -2.57. The molecule has 0 bridgehead atoms. The Labute approximate surface area is 67.7 Å². The summed E-state index contributed by atoms with van der Waals surface area (Å²) in [7, 11) is 2.17. The van der Waals surface area contributed by atoms with Crippen molar-refractivity contribution < 1.29 is 4.74 Å². The zero-order valence-corrected chi connectivity index (χ0v) is 7.05. The van der Waals surface area contributed by atoms with Crippen molar-refractivity contribution in [2.45, 2.75) is 18.6 Å². The number of hydrogen-bond donors (Lipinski definition) is 1. The third-order valence-electron chi connectivity index (χ3n) is 2.59. The van der Waals surface area contributed by atoms with Crippen molar-refractivity contribution in [3.05, 3.63) is 0 Å². The van der Waals surface area contributed by atoms with Gasteiger partial charge >= 0.3 is 0 Å². The molecule has 2 heterocycles. The summed E-state index contributed by atoms with van der Waals surface area (Å²) in [5, 5.41) is 3.48. The summed E-state index contributed by atoms with van der Waals surface area (Å²) in [6.07, 6.45) is 1.67. The number of hydrogen-bond acceptors (Lipinski definition) is 3. The van der Waals surface area contributed by atoms with Crippen LogP contribution in [-0.4, -0.2) is 50.3 Å². The van der Waals surface area contributed by atoms with E-state index in [-0.39, 0.29) is 0 Å². The van der Waals surface area contributed by atoms with E-state index < -0.39 is 0 Å². The highest BCUT2D eigenvalue weighted by Crippen LogP contribution is 2.15. The van der Waals surface area contributed by atoms with Crippen LogP contribution in [0.5, 0.6) is 0 Å². The Hall–Kier alpha value is -0.120. The third-order valence-corrected chi connectivity index (χ3v) is 2.59. The van der Waals surface area contributed by atoms with Gasteiger partial charge in [0.05, 0.1) is 12.7 Å². The van der Waals surface area contributed by atoms with Crippen LogP contribution in [0.3, 0.4) is 0 Å². The van der Waals surface area contributed by atoms with E-state index in [1.165, 1.54) is 13.0 Å². The van der Waals surface area contributed by atoms with Crippen LogP contribution in [0.15, 0.2) is 0 Å². The molecule has 2 saturated heterocycles. The zero-order chi connectivity index (χ0) is 7.68. The maximum Gasteiger partial charge on any atom is 0.0753 e. The highest BCUT2D eigenvalue weighted by Gasteiger charge is 2.29. The predicted octanol–water partition coefficient (Wildman–Crippen LogP) is -0.321. The molecule has 64 valence electrons. The van der Waals surface area contributed by atoms with E-state index in [0.29, 0.717) is 12.1 Å². The number of nitrogens with zero attached hydrogens (tertiary/aromatic N) is 1. The van der Waals surface area contributed by atoms with Crippen LogP contribution in [-0.2, 0) is 4.74 Å². The van der Waals surface area contributed by atoms with Gasteiger partial charge in [-0.05, 0) is 13.5 Å². The topological polar surface area (TPSA) is 24.5 Å². The van der Waals surface area contributed by atoms with Crippen LogP contribution in [0, 0.1) is 0 Å². The van der Waals surface area contributed by atoms with E-state index >= 15 is 0 Å². The lowest BCUT2D eigenvalue weighted by Gasteiger charge is -2.40. The minimum absolute atomic E-state index is 0.486. The first-order chi connectivity index (χ1) is 5.36. The summed E-state index contributed by atoms with van der Waals surface area (Å²) in [6.45, 7) is 4.24. The first-order valence-corrected chi connectivity index (χ1v) is 4.40. The van der Waals surface area contributed by atoms with E-state index in [1.807, 2.05) is 0 Å². The number of likely N-dealkylation sites (N-methyl/N-ethyl adjacent to an activating group) is 1. The molecule has 0 amide bonds. The predicted molar refractivity (Wildman–Crippen MR) is 43.6 cm³/mol. The first-order valence-electron chi connectivity index (χ1n) is 4.40. The molecule has 0 saturated carbocycles. The van der Waals surface area contributed by atoms with E-state index in [4.69, 9.17) is 4.74 Å². The minimum atomic E-state index is 0.486. The molecule has 2 fully saturated rings. The summed E-state index contributed by atoms with van der Waals surface area (Å²) >= 11 is 0. The molecule has 0 aromatic rings. The van der Waals surface area contributed by atoms with E-state index in [2.05, 4.69) is 17.3 Å². The molecular formula is C8H16N2O. The third kappa shape index (κ3) is 1.55. The molecule has 11 heavy (non-hydrogen) atoms. The van der Waals surface area contributed by atoms with Crippen molar-refractivity contribution in [3.8, 4) is 0 Å². The summed E-state index contributed by atoms with van der Waals surface area (Å²) in [5.41, 5.74) is 0. The minimum Gasteiger partial charge on any atom is -0.375 e. The Kier molecular flexibility index (Phi) is 2.11. The van der Waals surface area contributed by atoms with Gasteiger partial charge < -0.3 is 15.0 Å². The fourth-order valence-electron chi connectivity index (χ4n) is 1.94. The number of fused-ring (bicyclic) bond motifs is 1. The van der Waals surface area contributed by atoms with Gasteiger partial charge in [0, 0.05) is 25.7 Å².